The quantitative estimate of drug-likeness (QED) is 0.481. The number of hydrogen-bond acceptors (Lipinski definition) is 1. The van der Waals surface area contributed by atoms with Crippen molar-refractivity contribution in [3.8, 4) is 0 Å². The molecule has 0 aliphatic carbocycles. The number of rotatable bonds is 1. The predicted molar refractivity (Wildman–Crippen MR) is 17.3 cm³/mol. The van der Waals surface area contributed by atoms with Gasteiger partial charge in [-0.1, -0.05) is 0 Å². The first-order chi connectivity index (χ1) is 2.56. The molecule has 0 saturated heterocycles. The van der Waals surface area contributed by atoms with Crippen LogP contribution in [-0.4, -0.2) is 7.11 Å². The van der Waals surface area contributed by atoms with Crippen molar-refractivity contribution in [2.45, 2.75) is 0 Å². The maximum atomic E-state index is 10.7. The SMILES string of the molecule is CO[P+](F)(F)F. The average molecular weight is 119 g/mol. The summed E-state index contributed by atoms with van der Waals surface area (Å²) < 4.78 is 35.1. The molecule has 1 nitrogen and oxygen atoms in total. The summed E-state index contributed by atoms with van der Waals surface area (Å²) in [7, 11) is -4.76. The molecule has 5 heteroatoms. The van der Waals surface area contributed by atoms with E-state index in [1.807, 2.05) is 0 Å². The van der Waals surface area contributed by atoms with E-state index in [9.17, 15) is 12.6 Å². The Labute approximate surface area is 33.9 Å². The highest BCUT2D eigenvalue weighted by atomic mass is 31.3. The summed E-state index contributed by atoms with van der Waals surface area (Å²) in [4.78, 5) is 0. The minimum Gasteiger partial charge on any atom is -0.146 e. The summed E-state index contributed by atoms with van der Waals surface area (Å²) >= 11 is 0. The maximum absolute atomic E-state index is 10.7. The summed E-state index contributed by atoms with van der Waals surface area (Å²) in [5, 5.41) is 0. The van der Waals surface area contributed by atoms with E-state index in [1.54, 1.807) is 0 Å². The van der Waals surface area contributed by atoms with Gasteiger partial charge in [0.05, 0.1) is 19.7 Å². The first-order valence-corrected chi connectivity index (χ1v) is 2.48. The van der Waals surface area contributed by atoms with E-state index in [0.717, 1.165) is 0 Å². The van der Waals surface area contributed by atoms with Crippen molar-refractivity contribution in [1.29, 1.82) is 0 Å². The molecular weight excluding hydrogens is 116 g/mol. The molecule has 38 valence electrons. The van der Waals surface area contributed by atoms with Gasteiger partial charge in [0, 0.05) is 0 Å². The second-order valence-corrected chi connectivity index (χ2v) is 1.74. The van der Waals surface area contributed by atoms with Gasteiger partial charge < -0.3 is 0 Å². The van der Waals surface area contributed by atoms with Crippen LogP contribution in [0.5, 0.6) is 0 Å². The van der Waals surface area contributed by atoms with Gasteiger partial charge in [-0.25, -0.2) is 0 Å². The third-order valence-corrected chi connectivity index (χ3v) is 0.621. The highest BCUT2D eigenvalue weighted by Crippen LogP contribution is 2.64. The maximum Gasteiger partial charge on any atom is 0.711 e. The molecule has 0 fully saturated rings. The molecule has 0 heterocycles. The van der Waals surface area contributed by atoms with Gasteiger partial charge in [0.2, 0.25) is 0 Å². The van der Waals surface area contributed by atoms with Crippen LogP contribution in [0.25, 0.3) is 0 Å². The Bertz CT molecular complexity index is 40.5. The van der Waals surface area contributed by atoms with Crippen molar-refractivity contribution in [1.82, 2.24) is 0 Å². The molecule has 0 saturated carbocycles. The van der Waals surface area contributed by atoms with Crippen LogP contribution in [0.4, 0.5) is 12.6 Å². The molecule has 0 aromatic carbocycles. The summed E-state index contributed by atoms with van der Waals surface area (Å²) in [6.45, 7) is 0. The van der Waals surface area contributed by atoms with E-state index < -0.39 is 8.42 Å². The molecule has 0 aromatic heterocycles. The molecule has 0 amide bonds. The lowest BCUT2D eigenvalue weighted by atomic mass is 11.8. The van der Waals surface area contributed by atoms with Crippen LogP contribution >= 0.6 is 8.42 Å². The van der Waals surface area contributed by atoms with Gasteiger partial charge in [0.25, 0.3) is 0 Å². The molecule has 0 bridgehead atoms. The first-order valence-electron chi connectivity index (χ1n) is 1.10. The molecule has 0 N–H and O–H groups in total. The van der Waals surface area contributed by atoms with Crippen LogP contribution in [0.3, 0.4) is 0 Å². The molecule has 0 rings (SSSR count). The number of halogens is 3. The third-order valence-electron chi connectivity index (χ3n) is 0.207. The molecule has 0 atom stereocenters. The van der Waals surface area contributed by atoms with Crippen molar-refractivity contribution in [2.75, 3.05) is 7.11 Å². The van der Waals surface area contributed by atoms with E-state index in [0.29, 0.717) is 7.11 Å². The van der Waals surface area contributed by atoms with Gasteiger partial charge in [-0.05, 0) is 0 Å². The predicted octanol–water partition coefficient (Wildman–Crippen LogP) is 2.22. The van der Waals surface area contributed by atoms with E-state index >= 15 is 0 Å². The molecule has 6 heavy (non-hydrogen) atoms. The minimum atomic E-state index is -5.40. The fraction of sp³-hybridized carbons (Fsp3) is 1.00. The highest BCUT2D eigenvalue weighted by Gasteiger charge is 2.44. The molecular formula is CH3F3OP+. The van der Waals surface area contributed by atoms with Crippen molar-refractivity contribution in [2.24, 2.45) is 0 Å². The normalized spacial score (nSPS) is 12.0. The van der Waals surface area contributed by atoms with Crippen molar-refractivity contribution < 1.29 is 17.1 Å². The monoisotopic (exact) mass is 119 g/mol. The summed E-state index contributed by atoms with van der Waals surface area (Å²) in [6.07, 6.45) is 0. The zero-order valence-corrected chi connectivity index (χ0v) is 3.88. The Balaban J connectivity index is 3.17. The van der Waals surface area contributed by atoms with Gasteiger partial charge in [-0.3, -0.25) is 0 Å². The fourth-order valence-corrected chi connectivity index (χ4v) is 0. The van der Waals surface area contributed by atoms with Crippen LogP contribution in [0, 0.1) is 0 Å². The average Bonchev–Trinajstić information content (AvgIpc) is 1.35. The van der Waals surface area contributed by atoms with Crippen LogP contribution in [0.1, 0.15) is 0 Å². The van der Waals surface area contributed by atoms with Crippen molar-refractivity contribution in [3.63, 3.8) is 0 Å². The minimum absolute atomic E-state index is 0.633. The third kappa shape index (κ3) is 4.18. The first kappa shape index (κ1) is 6.18. The summed E-state index contributed by atoms with van der Waals surface area (Å²) in [6, 6.07) is 0. The standard InChI is InChI=1S/CH3F3OP/c1-5-6(2,3)4/h1H3/q+1. The summed E-state index contributed by atoms with van der Waals surface area (Å²) in [5.74, 6) is 0. The molecule has 0 aromatic rings. The lowest BCUT2D eigenvalue weighted by Gasteiger charge is -1.80. The van der Waals surface area contributed by atoms with E-state index in [4.69, 9.17) is 0 Å². The Hall–Kier alpha value is 0.180. The lowest BCUT2D eigenvalue weighted by Crippen LogP contribution is -1.67. The van der Waals surface area contributed by atoms with Crippen LogP contribution in [-0.2, 0) is 4.52 Å². The summed E-state index contributed by atoms with van der Waals surface area (Å²) in [5.41, 5.74) is 0. The highest BCUT2D eigenvalue weighted by molar-refractivity contribution is 7.55. The second-order valence-electron chi connectivity index (χ2n) is 0.581. The van der Waals surface area contributed by atoms with Gasteiger partial charge in [0.15, 0.2) is 0 Å². The van der Waals surface area contributed by atoms with Crippen molar-refractivity contribution in [3.05, 3.63) is 0 Å². The van der Waals surface area contributed by atoms with E-state index in [2.05, 4.69) is 4.52 Å². The van der Waals surface area contributed by atoms with Crippen molar-refractivity contribution >= 4 is 8.42 Å². The largest absolute Gasteiger partial charge is 0.711 e. The van der Waals surface area contributed by atoms with Gasteiger partial charge in [-0.15, -0.1) is 4.52 Å². The zero-order chi connectivity index (χ0) is 5.21. The molecule has 0 spiro atoms. The topological polar surface area (TPSA) is 9.23 Å². The Morgan fingerprint density at radius 3 is 1.50 bits per heavy atom. The second kappa shape index (κ2) is 1.76. The number of hydrogen-bond donors (Lipinski definition) is 0. The Morgan fingerprint density at radius 2 is 1.50 bits per heavy atom. The lowest BCUT2D eigenvalue weighted by molar-refractivity contribution is 0.320. The van der Waals surface area contributed by atoms with Gasteiger partial charge in [0.1, 0.15) is 0 Å². The fourth-order valence-electron chi connectivity index (χ4n) is 0. The Morgan fingerprint density at radius 1 is 1.33 bits per heavy atom. The van der Waals surface area contributed by atoms with E-state index in [-0.39, 0.29) is 0 Å². The van der Waals surface area contributed by atoms with Crippen LogP contribution < -0.4 is 0 Å². The van der Waals surface area contributed by atoms with Crippen LogP contribution in [0.2, 0.25) is 0 Å². The molecule has 0 aliphatic rings. The van der Waals surface area contributed by atoms with Crippen LogP contribution in [0.15, 0.2) is 0 Å². The Kier molecular flexibility index (Phi) is 1.81. The molecule has 0 aliphatic heterocycles. The zero-order valence-electron chi connectivity index (χ0n) is 2.99. The van der Waals surface area contributed by atoms with E-state index in [1.165, 1.54) is 0 Å². The molecule has 0 unspecified atom stereocenters. The van der Waals surface area contributed by atoms with Gasteiger partial charge in [-0.2, -0.15) is 0 Å². The van der Waals surface area contributed by atoms with Gasteiger partial charge >= 0.3 is 8.42 Å². The smallest absolute Gasteiger partial charge is 0.146 e. The molecule has 0 radical (unpaired) electrons.